The van der Waals surface area contributed by atoms with Gasteiger partial charge in [0.1, 0.15) is 12.0 Å². The molecule has 0 saturated carbocycles. The van der Waals surface area contributed by atoms with Crippen LogP contribution in [0.5, 0.6) is 0 Å². The molecule has 2 heterocycles. The third kappa shape index (κ3) is 4.43. The topological polar surface area (TPSA) is 55.1 Å². The number of benzene rings is 1. The first-order valence-corrected chi connectivity index (χ1v) is 8.79. The van der Waals surface area contributed by atoms with Crippen molar-refractivity contribution in [2.75, 3.05) is 7.05 Å². The number of nitrogens with zero attached hydrogens (tertiary/aromatic N) is 4. The fourth-order valence-electron chi connectivity index (χ4n) is 2.31. The van der Waals surface area contributed by atoms with Crippen molar-refractivity contribution >= 4 is 11.8 Å². The van der Waals surface area contributed by atoms with Gasteiger partial charge in [0.2, 0.25) is 0 Å². The quantitative estimate of drug-likeness (QED) is 0.479. The summed E-state index contributed by atoms with van der Waals surface area (Å²) >= 11 is 1.65. The Balaban J connectivity index is 1.54. The van der Waals surface area contributed by atoms with Crippen molar-refractivity contribution in [3.63, 3.8) is 0 Å². The molecular formula is C18H20N4OS. The molecule has 0 aliphatic heterocycles. The predicted octanol–water partition coefficient (Wildman–Crippen LogP) is 3.95. The van der Waals surface area contributed by atoms with Crippen LogP contribution in [0.3, 0.4) is 0 Å². The van der Waals surface area contributed by atoms with Crippen molar-refractivity contribution < 1.29 is 4.52 Å². The van der Waals surface area contributed by atoms with Crippen molar-refractivity contribution in [2.24, 2.45) is 0 Å². The highest BCUT2D eigenvalue weighted by Crippen LogP contribution is 2.21. The van der Waals surface area contributed by atoms with E-state index in [1.54, 1.807) is 18.0 Å². The Morgan fingerprint density at radius 3 is 2.50 bits per heavy atom. The molecular weight excluding hydrogens is 320 g/mol. The zero-order valence-corrected chi connectivity index (χ0v) is 14.6. The minimum atomic E-state index is 0.177. The standard InChI is InChI=1S/C18H20N4OS/c1-14(17-8-9-23-21-17)22(2)12-16-10-19-18(20-11-16)24-13-15-6-4-3-5-7-15/h3-11,14H,12-13H2,1-2H3. The average Bonchev–Trinajstić information content (AvgIpc) is 3.16. The van der Waals surface area contributed by atoms with E-state index in [0.29, 0.717) is 0 Å². The van der Waals surface area contributed by atoms with Gasteiger partial charge in [0.05, 0.1) is 6.04 Å². The van der Waals surface area contributed by atoms with Gasteiger partial charge in [0, 0.05) is 36.3 Å². The van der Waals surface area contributed by atoms with Crippen LogP contribution in [-0.2, 0) is 12.3 Å². The molecule has 1 atom stereocenters. The number of hydrogen-bond acceptors (Lipinski definition) is 6. The van der Waals surface area contributed by atoms with Crippen LogP contribution in [0.25, 0.3) is 0 Å². The summed E-state index contributed by atoms with van der Waals surface area (Å²) in [5.74, 6) is 0.878. The number of rotatable bonds is 7. The van der Waals surface area contributed by atoms with E-state index >= 15 is 0 Å². The molecule has 0 aliphatic rings. The van der Waals surface area contributed by atoms with Crippen LogP contribution in [0.1, 0.15) is 29.8 Å². The summed E-state index contributed by atoms with van der Waals surface area (Å²) in [4.78, 5) is 11.1. The molecule has 0 saturated heterocycles. The second-order valence-electron chi connectivity index (χ2n) is 5.66. The monoisotopic (exact) mass is 340 g/mol. The minimum absolute atomic E-state index is 0.177. The van der Waals surface area contributed by atoms with Crippen LogP contribution in [0.15, 0.2) is 64.7 Å². The maximum absolute atomic E-state index is 4.91. The van der Waals surface area contributed by atoms with E-state index in [2.05, 4.69) is 46.1 Å². The molecule has 0 N–H and O–H groups in total. The van der Waals surface area contributed by atoms with Crippen LogP contribution in [0.2, 0.25) is 0 Å². The molecule has 0 bridgehead atoms. The highest BCUT2D eigenvalue weighted by molar-refractivity contribution is 7.98. The number of thioether (sulfide) groups is 1. The maximum atomic E-state index is 4.91. The molecule has 2 aromatic heterocycles. The molecule has 0 radical (unpaired) electrons. The summed E-state index contributed by atoms with van der Waals surface area (Å²) in [6.45, 7) is 2.86. The van der Waals surface area contributed by atoms with Gasteiger partial charge < -0.3 is 4.52 Å². The van der Waals surface area contributed by atoms with Crippen LogP contribution < -0.4 is 0 Å². The van der Waals surface area contributed by atoms with Crippen molar-refractivity contribution in [1.82, 2.24) is 20.0 Å². The molecule has 124 valence electrons. The van der Waals surface area contributed by atoms with Gasteiger partial charge in [0.15, 0.2) is 5.16 Å². The van der Waals surface area contributed by atoms with Crippen LogP contribution >= 0.6 is 11.8 Å². The molecule has 5 nitrogen and oxygen atoms in total. The second-order valence-corrected chi connectivity index (χ2v) is 6.61. The second kappa shape index (κ2) is 8.08. The lowest BCUT2D eigenvalue weighted by Crippen LogP contribution is -2.22. The van der Waals surface area contributed by atoms with E-state index in [1.807, 2.05) is 36.7 Å². The first-order valence-electron chi connectivity index (χ1n) is 7.80. The van der Waals surface area contributed by atoms with Crippen molar-refractivity contribution in [3.8, 4) is 0 Å². The highest BCUT2D eigenvalue weighted by atomic mass is 32.2. The number of hydrogen-bond donors (Lipinski definition) is 0. The molecule has 24 heavy (non-hydrogen) atoms. The summed E-state index contributed by atoms with van der Waals surface area (Å²) in [6, 6.07) is 12.4. The largest absolute Gasteiger partial charge is 0.364 e. The molecule has 0 aliphatic carbocycles. The fraction of sp³-hybridized carbons (Fsp3) is 0.278. The Morgan fingerprint density at radius 2 is 1.83 bits per heavy atom. The minimum Gasteiger partial charge on any atom is -0.364 e. The van der Waals surface area contributed by atoms with E-state index in [9.17, 15) is 0 Å². The fourth-order valence-corrected chi connectivity index (χ4v) is 3.05. The van der Waals surface area contributed by atoms with E-state index in [0.717, 1.165) is 28.7 Å². The van der Waals surface area contributed by atoms with Gasteiger partial charge in [-0.15, -0.1) is 0 Å². The van der Waals surface area contributed by atoms with Gasteiger partial charge in [-0.1, -0.05) is 47.3 Å². The third-order valence-electron chi connectivity index (χ3n) is 3.87. The lowest BCUT2D eigenvalue weighted by molar-refractivity contribution is 0.240. The van der Waals surface area contributed by atoms with Gasteiger partial charge >= 0.3 is 0 Å². The molecule has 1 aromatic carbocycles. The normalized spacial score (nSPS) is 12.5. The van der Waals surface area contributed by atoms with Gasteiger partial charge in [-0.25, -0.2) is 9.97 Å². The summed E-state index contributed by atoms with van der Waals surface area (Å²) < 4.78 is 4.91. The van der Waals surface area contributed by atoms with Gasteiger partial charge in [-0.05, 0) is 19.5 Å². The lowest BCUT2D eigenvalue weighted by atomic mass is 10.2. The Hall–Kier alpha value is -2.18. The summed E-state index contributed by atoms with van der Waals surface area (Å²) in [5.41, 5.74) is 3.28. The van der Waals surface area contributed by atoms with Gasteiger partial charge in [-0.3, -0.25) is 4.90 Å². The maximum Gasteiger partial charge on any atom is 0.187 e. The average molecular weight is 340 g/mol. The number of aromatic nitrogens is 3. The zero-order valence-electron chi connectivity index (χ0n) is 13.8. The van der Waals surface area contributed by atoms with Crippen molar-refractivity contribution in [2.45, 2.75) is 30.4 Å². The highest BCUT2D eigenvalue weighted by Gasteiger charge is 2.14. The van der Waals surface area contributed by atoms with Gasteiger partial charge in [-0.2, -0.15) is 0 Å². The molecule has 0 amide bonds. The van der Waals surface area contributed by atoms with Gasteiger partial charge in [0.25, 0.3) is 0 Å². The summed E-state index contributed by atoms with van der Waals surface area (Å²) in [7, 11) is 2.05. The van der Waals surface area contributed by atoms with Crippen molar-refractivity contribution in [1.29, 1.82) is 0 Å². The Morgan fingerprint density at radius 1 is 1.08 bits per heavy atom. The van der Waals surface area contributed by atoms with E-state index in [-0.39, 0.29) is 6.04 Å². The molecule has 1 unspecified atom stereocenters. The Kier molecular flexibility index (Phi) is 5.61. The first kappa shape index (κ1) is 16.7. The third-order valence-corrected chi connectivity index (χ3v) is 4.82. The molecule has 0 fully saturated rings. The Bertz CT molecular complexity index is 731. The molecule has 6 heteroatoms. The summed E-state index contributed by atoms with van der Waals surface area (Å²) in [5, 5.41) is 4.80. The smallest absolute Gasteiger partial charge is 0.187 e. The predicted molar refractivity (Wildman–Crippen MR) is 94.4 cm³/mol. The molecule has 0 spiro atoms. The van der Waals surface area contributed by atoms with Crippen LogP contribution in [0.4, 0.5) is 0 Å². The zero-order chi connectivity index (χ0) is 16.8. The SMILES string of the molecule is CC(c1ccon1)N(C)Cc1cnc(SCc2ccccc2)nc1. The lowest BCUT2D eigenvalue weighted by Gasteiger charge is -2.22. The molecule has 3 aromatic rings. The van der Waals surface area contributed by atoms with Crippen LogP contribution in [-0.4, -0.2) is 27.1 Å². The molecule has 3 rings (SSSR count). The first-order chi connectivity index (χ1) is 11.7. The van der Waals surface area contributed by atoms with E-state index < -0.39 is 0 Å². The van der Waals surface area contributed by atoms with E-state index in [1.165, 1.54) is 5.56 Å². The van der Waals surface area contributed by atoms with Crippen molar-refractivity contribution in [3.05, 3.63) is 71.9 Å². The Labute approximate surface area is 146 Å². The van der Waals surface area contributed by atoms with Crippen LogP contribution in [0, 0.1) is 0 Å². The van der Waals surface area contributed by atoms with E-state index in [4.69, 9.17) is 4.52 Å². The summed E-state index contributed by atoms with van der Waals surface area (Å²) in [6.07, 6.45) is 5.39.